The molecule has 1 heterocycles. The zero-order chi connectivity index (χ0) is 15.3. The summed E-state index contributed by atoms with van der Waals surface area (Å²) in [6.45, 7) is 6.26. The second kappa shape index (κ2) is 7.09. The van der Waals surface area contributed by atoms with E-state index >= 15 is 0 Å². The van der Waals surface area contributed by atoms with Gasteiger partial charge in [-0.1, -0.05) is 19.9 Å². The van der Waals surface area contributed by atoms with Crippen LogP contribution in [0, 0.1) is 0 Å². The monoisotopic (exact) mass is 308 g/mol. The number of sulfone groups is 1. The molecule has 0 fully saturated rings. The predicted molar refractivity (Wildman–Crippen MR) is 88.3 cm³/mol. The molecule has 0 aliphatic heterocycles. The molecule has 0 aliphatic rings. The summed E-state index contributed by atoms with van der Waals surface area (Å²) in [6, 6.07) is 8.41. The average molecular weight is 308 g/mol. The molecule has 116 valence electrons. The number of aryl methyl sites for hydroxylation is 1. The minimum Gasteiger partial charge on any atom is -0.346 e. The molecule has 2 rings (SSSR count). The van der Waals surface area contributed by atoms with Gasteiger partial charge in [-0.3, -0.25) is 0 Å². The molecule has 0 spiro atoms. The van der Waals surface area contributed by atoms with Crippen molar-refractivity contribution in [1.29, 1.82) is 0 Å². The van der Waals surface area contributed by atoms with E-state index in [1.807, 2.05) is 10.8 Å². The number of hydrogen-bond donors (Lipinski definition) is 1. The smallest absolute Gasteiger partial charge is 0.151 e. The van der Waals surface area contributed by atoms with Crippen LogP contribution in [0.5, 0.6) is 0 Å². The molecule has 1 N–H and O–H groups in total. The van der Waals surface area contributed by atoms with Gasteiger partial charge in [0.05, 0.1) is 5.75 Å². The van der Waals surface area contributed by atoms with E-state index in [0.717, 1.165) is 25.0 Å². The number of nitrogens with one attached hydrogen (secondary N) is 1. The fourth-order valence-corrected chi connectivity index (χ4v) is 3.11. The number of fused-ring (bicyclic) bond motifs is 1. The van der Waals surface area contributed by atoms with Crippen LogP contribution in [-0.2, 0) is 22.9 Å². The SMILES string of the molecule is CCCNCc1ccc2c(ccn2CCS(=O)(=O)CC)c1. The standard InChI is InChI=1S/C16H24N2O2S/c1-3-8-17-13-14-5-6-16-15(12-14)7-9-18(16)10-11-21(19,20)4-2/h5-7,9,12,17H,3-4,8,10-11,13H2,1-2H3. The number of nitrogens with zero attached hydrogens (tertiary/aromatic N) is 1. The Morgan fingerprint density at radius 1 is 1.19 bits per heavy atom. The highest BCUT2D eigenvalue weighted by molar-refractivity contribution is 7.91. The summed E-state index contributed by atoms with van der Waals surface area (Å²) in [7, 11) is -2.92. The molecule has 0 aliphatic carbocycles. The van der Waals surface area contributed by atoms with Crippen molar-refractivity contribution in [2.24, 2.45) is 0 Å². The van der Waals surface area contributed by atoms with E-state index in [0.29, 0.717) is 6.54 Å². The van der Waals surface area contributed by atoms with Crippen molar-refractivity contribution in [1.82, 2.24) is 9.88 Å². The zero-order valence-corrected chi connectivity index (χ0v) is 13.6. The lowest BCUT2D eigenvalue weighted by atomic mass is 10.1. The highest BCUT2D eigenvalue weighted by atomic mass is 32.2. The third kappa shape index (κ3) is 4.32. The van der Waals surface area contributed by atoms with E-state index in [1.165, 1.54) is 10.9 Å². The molecule has 0 bridgehead atoms. The van der Waals surface area contributed by atoms with Gasteiger partial charge >= 0.3 is 0 Å². The molecular formula is C16H24N2O2S. The Hall–Kier alpha value is -1.33. The molecule has 0 radical (unpaired) electrons. The first kappa shape index (κ1) is 16.0. The van der Waals surface area contributed by atoms with Crippen molar-refractivity contribution < 1.29 is 8.42 Å². The van der Waals surface area contributed by atoms with Gasteiger partial charge in [0.1, 0.15) is 0 Å². The summed E-state index contributed by atoms with van der Waals surface area (Å²) in [5.74, 6) is 0.409. The van der Waals surface area contributed by atoms with Crippen LogP contribution in [0.2, 0.25) is 0 Å². The van der Waals surface area contributed by atoms with Gasteiger partial charge < -0.3 is 9.88 Å². The van der Waals surface area contributed by atoms with E-state index in [1.54, 1.807) is 6.92 Å². The highest BCUT2D eigenvalue weighted by Gasteiger charge is 2.09. The van der Waals surface area contributed by atoms with Crippen LogP contribution < -0.4 is 5.32 Å². The van der Waals surface area contributed by atoms with Gasteiger partial charge in [0.25, 0.3) is 0 Å². The highest BCUT2D eigenvalue weighted by Crippen LogP contribution is 2.18. The Labute approximate surface area is 127 Å². The topological polar surface area (TPSA) is 51.1 Å². The van der Waals surface area contributed by atoms with Crippen LogP contribution in [0.3, 0.4) is 0 Å². The summed E-state index contributed by atoms with van der Waals surface area (Å²) in [5, 5.41) is 4.56. The fourth-order valence-electron chi connectivity index (χ4n) is 2.35. The Morgan fingerprint density at radius 2 is 2.00 bits per heavy atom. The first-order valence-corrected chi connectivity index (χ1v) is 9.37. The molecule has 4 nitrogen and oxygen atoms in total. The normalized spacial score (nSPS) is 12.1. The molecule has 0 unspecified atom stereocenters. The van der Waals surface area contributed by atoms with Gasteiger partial charge in [0.2, 0.25) is 0 Å². The molecule has 0 atom stereocenters. The lowest BCUT2D eigenvalue weighted by Crippen LogP contribution is -2.14. The maximum atomic E-state index is 11.6. The lowest BCUT2D eigenvalue weighted by molar-refractivity contribution is 0.591. The number of benzene rings is 1. The lowest BCUT2D eigenvalue weighted by Gasteiger charge is -2.07. The second-order valence-corrected chi connectivity index (χ2v) is 7.79. The van der Waals surface area contributed by atoms with E-state index in [9.17, 15) is 8.42 Å². The van der Waals surface area contributed by atoms with Crippen LogP contribution >= 0.6 is 0 Å². The minimum absolute atomic E-state index is 0.201. The largest absolute Gasteiger partial charge is 0.346 e. The fraction of sp³-hybridized carbons (Fsp3) is 0.500. The van der Waals surface area contributed by atoms with Gasteiger partial charge in [0, 0.05) is 30.6 Å². The quantitative estimate of drug-likeness (QED) is 0.763. The Kier molecular flexibility index (Phi) is 5.42. The van der Waals surface area contributed by atoms with Gasteiger partial charge in [-0.25, -0.2) is 8.42 Å². The summed E-state index contributed by atoms with van der Waals surface area (Å²) in [6.07, 6.45) is 3.10. The van der Waals surface area contributed by atoms with Crippen LogP contribution in [0.1, 0.15) is 25.8 Å². The van der Waals surface area contributed by atoms with Crippen molar-refractivity contribution in [2.45, 2.75) is 33.4 Å². The Bertz CT molecular complexity index is 689. The number of aromatic nitrogens is 1. The Morgan fingerprint density at radius 3 is 2.71 bits per heavy atom. The molecule has 0 saturated heterocycles. The first-order valence-electron chi connectivity index (χ1n) is 7.54. The molecule has 21 heavy (non-hydrogen) atoms. The molecule has 2 aromatic rings. The van der Waals surface area contributed by atoms with Crippen LogP contribution in [0.4, 0.5) is 0 Å². The molecule has 0 saturated carbocycles. The van der Waals surface area contributed by atoms with Crippen LogP contribution in [0.25, 0.3) is 10.9 Å². The van der Waals surface area contributed by atoms with Crippen molar-refractivity contribution in [3.05, 3.63) is 36.0 Å². The molecule has 1 aromatic carbocycles. The van der Waals surface area contributed by atoms with Gasteiger partial charge in [-0.05, 0) is 42.1 Å². The van der Waals surface area contributed by atoms with Crippen molar-refractivity contribution in [3.63, 3.8) is 0 Å². The van der Waals surface area contributed by atoms with Crippen molar-refractivity contribution in [3.8, 4) is 0 Å². The van der Waals surface area contributed by atoms with E-state index in [-0.39, 0.29) is 11.5 Å². The van der Waals surface area contributed by atoms with Gasteiger partial charge in [-0.2, -0.15) is 0 Å². The average Bonchev–Trinajstić information content (AvgIpc) is 2.88. The summed E-state index contributed by atoms with van der Waals surface area (Å²) in [4.78, 5) is 0. The summed E-state index contributed by atoms with van der Waals surface area (Å²) >= 11 is 0. The number of hydrogen-bond acceptors (Lipinski definition) is 3. The van der Waals surface area contributed by atoms with Gasteiger partial charge in [0.15, 0.2) is 9.84 Å². The minimum atomic E-state index is -2.92. The molecule has 1 aromatic heterocycles. The van der Waals surface area contributed by atoms with E-state index in [2.05, 4.69) is 36.5 Å². The van der Waals surface area contributed by atoms with E-state index in [4.69, 9.17) is 0 Å². The maximum absolute atomic E-state index is 11.6. The van der Waals surface area contributed by atoms with Crippen LogP contribution in [-0.4, -0.2) is 31.0 Å². The molecule has 0 amide bonds. The second-order valence-electron chi connectivity index (χ2n) is 5.32. The number of rotatable bonds is 8. The van der Waals surface area contributed by atoms with E-state index < -0.39 is 9.84 Å². The summed E-state index contributed by atoms with van der Waals surface area (Å²) in [5.41, 5.74) is 2.36. The van der Waals surface area contributed by atoms with Crippen molar-refractivity contribution >= 4 is 20.7 Å². The zero-order valence-electron chi connectivity index (χ0n) is 12.8. The Balaban J connectivity index is 2.10. The van der Waals surface area contributed by atoms with Crippen LogP contribution in [0.15, 0.2) is 30.5 Å². The third-order valence-corrected chi connectivity index (χ3v) is 5.36. The predicted octanol–water partition coefficient (Wildman–Crippen LogP) is 2.58. The van der Waals surface area contributed by atoms with Crippen molar-refractivity contribution in [2.75, 3.05) is 18.1 Å². The molecular weight excluding hydrogens is 284 g/mol. The summed E-state index contributed by atoms with van der Waals surface area (Å²) < 4.78 is 25.2. The maximum Gasteiger partial charge on any atom is 0.151 e. The first-order chi connectivity index (χ1) is 10.1. The third-order valence-electron chi connectivity index (χ3n) is 3.67. The van der Waals surface area contributed by atoms with Gasteiger partial charge in [-0.15, -0.1) is 0 Å². The molecule has 5 heteroatoms.